The molecule has 0 aliphatic heterocycles. The molecule has 78 valence electrons. The summed E-state index contributed by atoms with van der Waals surface area (Å²) >= 11 is 1.84. The van der Waals surface area contributed by atoms with Crippen LogP contribution in [-0.4, -0.2) is 30.1 Å². The maximum absolute atomic E-state index is 5.63. The van der Waals surface area contributed by atoms with Gasteiger partial charge in [-0.25, -0.2) is 4.98 Å². The number of hydrogen-bond donors (Lipinski definition) is 1. The van der Waals surface area contributed by atoms with Gasteiger partial charge in [-0.3, -0.25) is 0 Å². The van der Waals surface area contributed by atoms with Crippen molar-refractivity contribution in [3.63, 3.8) is 0 Å². The first-order valence-electron chi connectivity index (χ1n) is 4.59. The van der Waals surface area contributed by atoms with Gasteiger partial charge in [-0.15, -0.1) is 0 Å². The van der Waals surface area contributed by atoms with Crippen LogP contribution in [0, 0.1) is 0 Å². The lowest BCUT2D eigenvalue weighted by Crippen LogP contribution is -2.31. The third kappa shape index (κ3) is 2.80. The van der Waals surface area contributed by atoms with Crippen molar-refractivity contribution in [3.8, 4) is 0 Å². The molecule has 3 nitrogen and oxygen atoms in total. The Balaban J connectivity index is 2.73. The van der Waals surface area contributed by atoms with Crippen LogP contribution >= 0.6 is 11.8 Å². The van der Waals surface area contributed by atoms with E-state index in [4.69, 9.17) is 5.73 Å². The first-order valence-corrected chi connectivity index (χ1v) is 5.99. The molecule has 1 atom stereocenters. The smallest absolute Gasteiger partial charge is 0.130 e. The molecule has 0 radical (unpaired) electrons. The summed E-state index contributed by atoms with van der Waals surface area (Å²) in [6.45, 7) is 2.18. The van der Waals surface area contributed by atoms with Crippen LogP contribution in [0.4, 0.5) is 11.6 Å². The minimum absolute atomic E-state index is 0.472. The van der Waals surface area contributed by atoms with E-state index >= 15 is 0 Å². The number of anilines is 2. The lowest BCUT2D eigenvalue weighted by molar-refractivity contribution is 0.754. The number of nitrogen functional groups attached to an aromatic ring is 1. The number of rotatable bonds is 4. The lowest BCUT2D eigenvalue weighted by Gasteiger charge is -2.25. The van der Waals surface area contributed by atoms with Gasteiger partial charge >= 0.3 is 0 Å². The summed E-state index contributed by atoms with van der Waals surface area (Å²) in [7, 11) is 2.04. The van der Waals surface area contributed by atoms with Gasteiger partial charge in [-0.05, 0) is 25.3 Å². The quantitative estimate of drug-likeness (QED) is 0.825. The molecule has 4 heteroatoms. The van der Waals surface area contributed by atoms with E-state index in [1.54, 1.807) is 6.07 Å². The second kappa shape index (κ2) is 5.10. The fourth-order valence-corrected chi connectivity index (χ4v) is 1.92. The summed E-state index contributed by atoms with van der Waals surface area (Å²) in [4.78, 5) is 6.42. The van der Waals surface area contributed by atoms with Gasteiger partial charge in [0.1, 0.15) is 11.6 Å². The molecule has 1 rings (SSSR count). The molecule has 2 N–H and O–H groups in total. The van der Waals surface area contributed by atoms with Gasteiger partial charge in [-0.1, -0.05) is 6.07 Å². The first-order chi connectivity index (χ1) is 6.65. The second-order valence-electron chi connectivity index (χ2n) is 3.34. The second-order valence-corrected chi connectivity index (χ2v) is 4.25. The van der Waals surface area contributed by atoms with Crippen LogP contribution in [0.25, 0.3) is 0 Å². The summed E-state index contributed by atoms with van der Waals surface area (Å²) in [6.07, 6.45) is 2.11. The van der Waals surface area contributed by atoms with Crippen LogP contribution < -0.4 is 10.6 Å². The summed E-state index contributed by atoms with van der Waals surface area (Å²) in [5.41, 5.74) is 5.63. The molecule has 1 unspecified atom stereocenters. The average molecular weight is 211 g/mol. The monoisotopic (exact) mass is 211 g/mol. The number of hydrogen-bond acceptors (Lipinski definition) is 4. The van der Waals surface area contributed by atoms with Crippen LogP contribution in [0.5, 0.6) is 0 Å². The van der Waals surface area contributed by atoms with E-state index in [1.165, 1.54) is 0 Å². The normalized spacial score (nSPS) is 12.5. The van der Waals surface area contributed by atoms with Gasteiger partial charge in [0.2, 0.25) is 0 Å². The Kier molecular flexibility index (Phi) is 4.07. The van der Waals surface area contributed by atoms with Crippen molar-refractivity contribution < 1.29 is 0 Å². The summed E-state index contributed by atoms with van der Waals surface area (Å²) in [5, 5.41) is 0. The molecule has 0 aromatic carbocycles. The Labute approximate surface area is 89.7 Å². The molecule has 0 saturated heterocycles. The number of nitrogens with zero attached hydrogens (tertiary/aromatic N) is 2. The Morgan fingerprint density at radius 3 is 2.86 bits per heavy atom. The van der Waals surface area contributed by atoms with E-state index in [9.17, 15) is 0 Å². The summed E-state index contributed by atoms with van der Waals surface area (Å²) in [6, 6.07) is 6.18. The van der Waals surface area contributed by atoms with Gasteiger partial charge < -0.3 is 10.6 Å². The third-order valence-corrected chi connectivity index (χ3v) is 3.00. The van der Waals surface area contributed by atoms with E-state index in [1.807, 2.05) is 30.9 Å². The number of aromatic nitrogens is 1. The predicted octanol–water partition coefficient (Wildman–Crippen LogP) is 1.85. The van der Waals surface area contributed by atoms with Crippen molar-refractivity contribution in [2.45, 2.75) is 13.0 Å². The molecule has 0 amide bonds. The van der Waals surface area contributed by atoms with Crippen molar-refractivity contribution in [1.29, 1.82) is 0 Å². The topological polar surface area (TPSA) is 42.1 Å². The Bertz CT molecular complexity index is 290. The van der Waals surface area contributed by atoms with Crippen LogP contribution in [0.2, 0.25) is 0 Å². The van der Waals surface area contributed by atoms with Crippen LogP contribution in [-0.2, 0) is 0 Å². The van der Waals surface area contributed by atoms with E-state index in [2.05, 4.69) is 23.1 Å². The molecule has 0 spiro atoms. The molecular formula is C10H17N3S. The molecule has 1 aromatic rings. The zero-order valence-electron chi connectivity index (χ0n) is 8.90. The fourth-order valence-electron chi connectivity index (χ4n) is 1.21. The standard InChI is InChI=1S/C10H17N3S/c1-8(7-14-3)13(2)10-6-4-5-9(11)12-10/h4-6,8H,7H2,1-3H3,(H2,11,12). The summed E-state index contributed by atoms with van der Waals surface area (Å²) in [5.74, 6) is 2.60. The molecular weight excluding hydrogens is 194 g/mol. The molecule has 1 heterocycles. The van der Waals surface area contributed by atoms with E-state index in [0.29, 0.717) is 11.9 Å². The molecule has 0 fully saturated rings. The number of nitrogens with two attached hydrogens (primary N) is 1. The van der Waals surface area contributed by atoms with Gasteiger partial charge in [-0.2, -0.15) is 11.8 Å². The van der Waals surface area contributed by atoms with Crippen molar-refractivity contribution in [1.82, 2.24) is 4.98 Å². The molecule has 0 bridgehead atoms. The predicted molar refractivity (Wildman–Crippen MR) is 64.9 cm³/mol. The van der Waals surface area contributed by atoms with Crippen molar-refractivity contribution in [3.05, 3.63) is 18.2 Å². The zero-order chi connectivity index (χ0) is 10.6. The Hall–Kier alpha value is -0.900. The SMILES string of the molecule is CSCC(C)N(C)c1cccc(N)n1. The van der Waals surface area contributed by atoms with Gasteiger partial charge in [0.25, 0.3) is 0 Å². The van der Waals surface area contributed by atoms with Crippen molar-refractivity contribution >= 4 is 23.4 Å². The minimum atomic E-state index is 0.472. The largest absolute Gasteiger partial charge is 0.384 e. The lowest BCUT2D eigenvalue weighted by atomic mass is 10.3. The van der Waals surface area contributed by atoms with Gasteiger partial charge in [0, 0.05) is 18.8 Å². The maximum Gasteiger partial charge on any atom is 0.130 e. The summed E-state index contributed by atoms with van der Waals surface area (Å²) < 4.78 is 0. The highest BCUT2D eigenvalue weighted by Gasteiger charge is 2.09. The fraction of sp³-hybridized carbons (Fsp3) is 0.500. The van der Waals surface area contributed by atoms with Crippen LogP contribution in [0.1, 0.15) is 6.92 Å². The number of thioether (sulfide) groups is 1. The minimum Gasteiger partial charge on any atom is -0.384 e. The molecule has 0 aliphatic carbocycles. The highest BCUT2D eigenvalue weighted by atomic mass is 32.2. The molecule has 0 aliphatic rings. The average Bonchev–Trinajstić information content (AvgIpc) is 2.17. The van der Waals surface area contributed by atoms with E-state index in [-0.39, 0.29) is 0 Å². The van der Waals surface area contributed by atoms with Crippen molar-refractivity contribution in [2.75, 3.05) is 29.7 Å². The molecule has 14 heavy (non-hydrogen) atoms. The molecule has 0 saturated carbocycles. The van der Waals surface area contributed by atoms with Crippen LogP contribution in [0.15, 0.2) is 18.2 Å². The third-order valence-electron chi connectivity index (χ3n) is 2.19. The van der Waals surface area contributed by atoms with Gasteiger partial charge in [0.05, 0.1) is 0 Å². The highest BCUT2D eigenvalue weighted by molar-refractivity contribution is 7.98. The molecule has 1 aromatic heterocycles. The van der Waals surface area contributed by atoms with E-state index < -0.39 is 0 Å². The zero-order valence-corrected chi connectivity index (χ0v) is 9.71. The highest BCUT2D eigenvalue weighted by Crippen LogP contribution is 2.15. The maximum atomic E-state index is 5.63. The first kappa shape index (κ1) is 11.2. The van der Waals surface area contributed by atoms with Gasteiger partial charge in [0.15, 0.2) is 0 Å². The van der Waals surface area contributed by atoms with Crippen molar-refractivity contribution in [2.24, 2.45) is 0 Å². The number of pyridine rings is 1. The Morgan fingerprint density at radius 1 is 1.57 bits per heavy atom. The van der Waals surface area contributed by atoms with E-state index in [0.717, 1.165) is 11.6 Å². The Morgan fingerprint density at radius 2 is 2.29 bits per heavy atom. The van der Waals surface area contributed by atoms with Crippen LogP contribution in [0.3, 0.4) is 0 Å².